The van der Waals surface area contributed by atoms with E-state index in [1.807, 2.05) is 25.1 Å². The fraction of sp³-hybridized carbons (Fsp3) is 0.625. The summed E-state index contributed by atoms with van der Waals surface area (Å²) in [4.78, 5) is 2.45. The predicted octanol–water partition coefficient (Wildman–Crippen LogP) is 3.73. The average molecular weight is 282 g/mol. The highest BCUT2D eigenvalue weighted by atomic mass is 35.5. The molecule has 1 N–H and O–H groups in total. The lowest BCUT2D eigenvalue weighted by Gasteiger charge is -2.28. The lowest BCUT2D eigenvalue weighted by Crippen LogP contribution is -2.29. The van der Waals surface area contributed by atoms with Gasteiger partial charge in [0.25, 0.3) is 0 Å². The average Bonchev–Trinajstić information content (AvgIpc) is 2.57. The van der Waals surface area contributed by atoms with Gasteiger partial charge in [-0.2, -0.15) is 0 Å². The molecule has 1 aliphatic rings. The van der Waals surface area contributed by atoms with Gasteiger partial charge in [-0.25, -0.2) is 0 Å². The molecule has 1 unspecified atom stereocenters. The Bertz CT molecular complexity index is 435. The number of hydrogen-bond donors (Lipinski definition) is 1. The fourth-order valence-electron chi connectivity index (χ4n) is 2.89. The van der Waals surface area contributed by atoms with Crippen LogP contribution in [0.3, 0.4) is 0 Å². The number of hydrogen-bond acceptors (Lipinski definition) is 2. The number of rotatable bonds is 3. The molecule has 1 aromatic rings. The summed E-state index contributed by atoms with van der Waals surface area (Å²) in [6.45, 7) is 7.39. The van der Waals surface area contributed by atoms with Crippen molar-refractivity contribution in [1.82, 2.24) is 4.90 Å². The minimum absolute atomic E-state index is 0.709. The van der Waals surface area contributed by atoms with Crippen molar-refractivity contribution in [3.63, 3.8) is 0 Å². The molecule has 106 valence electrons. The van der Waals surface area contributed by atoms with Crippen molar-refractivity contribution in [3.8, 4) is 0 Å². The Balaban J connectivity index is 2.15. The van der Waals surface area contributed by atoms with E-state index in [1.165, 1.54) is 6.42 Å². The Morgan fingerprint density at radius 2 is 2.11 bits per heavy atom. The normalized spacial score (nSPS) is 25.3. The predicted molar refractivity (Wildman–Crippen MR) is 80.7 cm³/mol. The fourth-order valence-corrected chi connectivity index (χ4v) is 3.07. The molecule has 0 saturated carbocycles. The maximum Gasteiger partial charge on any atom is 0.0909 e. The van der Waals surface area contributed by atoms with Crippen LogP contribution in [0.1, 0.15) is 43.7 Å². The number of aryl methyl sites for hydroxylation is 1. The highest BCUT2D eigenvalue weighted by molar-refractivity contribution is 6.31. The van der Waals surface area contributed by atoms with Crippen LogP contribution in [0.2, 0.25) is 5.02 Å². The van der Waals surface area contributed by atoms with E-state index in [0.29, 0.717) is 0 Å². The first-order chi connectivity index (χ1) is 9.05. The molecule has 0 bridgehead atoms. The highest BCUT2D eigenvalue weighted by Crippen LogP contribution is 2.34. The van der Waals surface area contributed by atoms with Gasteiger partial charge in [-0.3, -0.25) is 0 Å². The third-order valence-electron chi connectivity index (χ3n) is 4.16. The van der Waals surface area contributed by atoms with E-state index < -0.39 is 5.60 Å². The van der Waals surface area contributed by atoms with Crippen molar-refractivity contribution in [1.29, 1.82) is 0 Å². The molecule has 0 spiro atoms. The van der Waals surface area contributed by atoms with Crippen molar-refractivity contribution in [2.45, 2.75) is 45.1 Å². The van der Waals surface area contributed by atoms with Gasteiger partial charge in [-0.15, -0.1) is 0 Å². The second-order valence-corrected chi connectivity index (χ2v) is 6.10. The van der Waals surface area contributed by atoms with Crippen molar-refractivity contribution < 1.29 is 5.11 Å². The molecule has 1 aromatic carbocycles. The van der Waals surface area contributed by atoms with Crippen LogP contribution >= 0.6 is 11.6 Å². The molecule has 0 aromatic heterocycles. The van der Waals surface area contributed by atoms with Gasteiger partial charge < -0.3 is 10.0 Å². The topological polar surface area (TPSA) is 23.5 Å². The van der Waals surface area contributed by atoms with Crippen LogP contribution in [-0.4, -0.2) is 29.6 Å². The quantitative estimate of drug-likeness (QED) is 0.912. The van der Waals surface area contributed by atoms with E-state index in [9.17, 15) is 5.11 Å². The molecule has 1 heterocycles. The summed E-state index contributed by atoms with van der Waals surface area (Å²) in [6.07, 6.45) is 3.84. The van der Waals surface area contributed by atoms with Crippen molar-refractivity contribution >= 4 is 11.6 Å². The summed E-state index contributed by atoms with van der Waals surface area (Å²) in [5.74, 6) is 0. The van der Waals surface area contributed by atoms with E-state index in [-0.39, 0.29) is 0 Å². The molecule has 0 amide bonds. The van der Waals surface area contributed by atoms with Crippen LogP contribution in [0, 0.1) is 6.92 Å². The van der Waals surface area contributed by atoms with Crippen LogP contribution in [0.15, 0.2) is 18.2 Å². The van der Waals surface area contributed by atoms with Crippen molar-refractivity contribution in [2.24, 2.45) is 0 Å². The summed E-state index contributed by atoms with van der Waals surface area (Å²) < 4.78 is 0. The zero-order valence-corrected chi connectivity index (χ0v) is 12.7. The monoisotopic (exact) mass is 281 g/mol. The Hall–Kier alpha value is -0.570. The maximum atomic E-state index is 10.9. The molecular formula is C16H24ClNO. The number of aliphatic hydroxyl groups is 1. The Morgan fingerprint density at radius 3 is 2.79 bits per heavy atom. The third kappa shape index (κ3) is 3.50. The Labute approximate surface area is 121 Å². The second kappa shape index (κ2) is 6.25. The van der Waals surface area contributed by atoms with Crippen molar-refractivity contribution in [2.75, 3.05) is 19.6 Å². The SMILES string of the molecule is CCCN1CCCC(O)(c2ccc(C)c(Cl)c2)CC1. The molecule has 2 nitrogen and oxygen atoms in total. The summed E-state index contributed by atoms with van der Waals surface area (Å²) in [7, 11) is 0. The lowest BCUT2D eigenvalue weighted by molar-refractivity contribution is 0.0212. The second-order valence-electron chi connectivity index (χ2n) is 5.69. The van der Waals surface area contributed by atoms with Gasteiger partial charge in [0.1, 0.15) is 0 Å². The first kappa shape index (κ1) is 14.8. The van der Waals surface area contributed by atoms with E-state index in [4.69, 9.17) is 11.6 Å². The van der Waals surface area contributed by atoms with Crippen molar-refractivity contribution in [3.05, 3.63) is 34.3 Å². The molecule has 19 heavy (non-hydrogen) atoms. The van der Waals surface area contributed by atoms with Gasteiger partial charge in [0.05, 0.1) is 5.60 Å². The Kier molecular flexibility index (Phi) is 4.88. The number of benzene rings is 1. The molecule has 3 heteroatoms. The van der Waals surface area contributed by atoms with Gasteiger partial charge in [-0.1, -0.05) is 30.7 Å². The Morgan fingerprint density at radius 1 is 1.32 bits per heavy atom. The summed E-state index contributed by atoms with van der Waals surface area (Å²) in [6, 6.07) is 5.97. The van der Waals surface area contributed by atoms with E-state index in [0.717, 1.165) is 55.0 Å². The van der Waals surface area contributed by atoms with E-state index in [2.05, 4.69) is 11.8 Å². The minimum atomic E-state index is -0.709. The molecule has 2 rings (SSSR count). The molecule has 0 aliphatic carbocycles. The molecule has 1 fully saturated rings. The van der Waals surface area contributed by atoms with Gasteiger partial charge >= 0.3 is 0 Å². The van der Waals surface area contributed by atoms with Crippen LogP contribution < -0.4 is 0 Å². The van der Waals surface area contributed by atoms with Gasteiger partial charge in [-0.05, 0) is 62.9 Å². The lowest BCUT2D eigenvalue weighted by atomic mass is 9.86. The van der Waals surface area contributed by atoms with Gasteiger partial charge in [0.2, 0.25) is 0 Å². The standard InChI is InChI=1S/C16H24ClNO/c1-3-9-18-10-4-7-16(19,8-11-18)14-6-5-13(2)15(17)12-14/h5-6,12,19H,3-4,7-11H2,1-2H3. The zero-order chi connectivity index (χ0) is 13.9. The zero-order valence-electron chi connectivity index (χ0n) is 12.0. The minimum Gasteiger partial charge on any atom is -0.385 e. The van der Waals surface area contributed by atoms with Crippen LogP contribution in [0.5, 0.6) is 0 Å². The summed E-state index contributed by atoms with van der Waals surface area (Å²) >= 11 is 6.19. The van der Waals surface area contributed by atoms with Crippen LogP contribution in [0.4, 0.5) is 0 Å². The van der Waals surface area contributed by atoms with Crippen LogP contribution in [0.25, 0.3) is 0 Å². The first-order valence-corrected chi connectivity index (χ1v) is 7.64. The summed E-state index contributed by atoms with van der Waals surface area (Å²) in [5, 5.41) is 11.7. The molecule has 0 radical (unpaired) electrons. The number of likely N-dealkylation sites (tertiary alicyclic amines) is 1. The molecule has 1 saturated heterocycles. The highest BCUT2D eigenvalue weighted by Gasteiger charge is 2.32. The molecule has 1 atom stereocenters. The van der Waals surface area contributed by atoms with Crippen LogP contribution in [-0.2, 0) is 5.60 Å². The first-order valence-electron chi connectivity index (χ1n) is 7.26. The third-order valence-corrected chi connectivity index (χ3v) is 4.56. The van der Waals surface area contributed by atoms with E-state index in [1.54, 1.807) is 0 Å². The molecular weight excluding hydrogens is 258 g/mol. The van der Waals surface area contributed by atoms with E-state index >= 15 is 0 Å². The van der Waals surface area contributed by atoms with Gasteiger partial charge in [0, 0.05) is 11.6 Å². The smallest absolute Gasteiger partial charge is 0.0909 e. The number of nitrogens with zero attached hydrogens (tertiary/aromatic N) is 1. The largest absolute Gasteiger partial charge is 0.385 e. The summed E-state index contributed by atoms with van der Waals surface area (Å²) in [5.41, 5.74) is 1.33. The van der Waals surface area contributed by atoms with Gasteiger partial charge in [0.15, 0.2) is 0 Å². The maximum absolute atomic E-state index is 10.9. The number of halogens is 1. The molecule has 1 aliphatic heterocycles.